The van der Waals surface area contributed by atoms with E-state index in [9.17, 15) is 9.59 Å². The Morgan fingerprint density at radius 1 is 1.28 bits per heavy atom. The second-order valence-corrected chi connectivity index (χ2v) is 12.6. The van der Waals surface area contributed by atoms with Crippen LogP contribution in [0.2, 0.25) is 25.7 Å². The number of carbonyl (C=O) groups excluding carboxylic acids is 1. The Bertz CT molecular complexity index is 852. The monoisotopic (exact) mass is 360 g/mol. The lowest BCUT2D eigenvalue weighted by atomic mass is 10.1. The van der Waals surface area contributed by atoms with Crippen molar-refractivity contribution in [1.29, 1.82) is 0 Å². The highest BCUT2D eigenvalue weighted by Crippen LogP contribution is 2.15. The Balaban J connectivity index is 2.38. The van der Waals surface area contributed by atoms with E-state index in [0.717, 1.165) is 6.04 Å². The average Bonchev–Trinajstić information content (AvgIpc) is 2.58. The number of hydrogen-bond donors (Lipinski definition) is 0. The molecule has 0 amide bonds. The maximum atomic E-state index is 12.6. The third-order valence-corrected chi connectivity index (χ3v) is 5.49. The number of aromatic nitrogens is 2. The fourth-order valence-electron chi connectivity index (χ4n) is 2.28. The molecule has 2 aromatic rings. The van der Waals surface area contributed by atoms with Crippen molar-refractivity contribution in [3.8, 4) is 0 Å². The molecule has 0 aliphatic heterocycles. The van der Waals surface area contributed by atoms with E-state index in [1.54, 1.807) is 22.9 Å². The van der Waals surface area contributed by atoms with E-state index in [1.165, 1.54) is 7.11 Å². The second kappa shape index (κ2) is 7.75. The van der Waals surface area contributed by atoms with Gasteiger partial charge in [-0.05, 0) is 18.2 Å². The Labute approximate surface area is 148 Å². The zero-order valence-corrected chi connectivity index (χ0v) is 16.2. The Hall–Kier alpha value is -2.25. The van der Waals surface area contributed by atoms with Gasteiger partial charge in [0.2, 0.25) is 5.43 Å². The average molecular weight is 360 g/mol. The minimum Gasteiger partial charge on any atom is -0.465 e. The number of carbonyl (C=O) groups is 1. The summed E-state index contributed by atoms with van der Waals surface area (Å²) in [5.74, 6) is -0.675. The second-order valence-electron chi connectivity index (χ2n) is 7.01. The summed E-state index contributed by atoms with van der Waals surface area (Å²) in [6.45, 7) is 11.3. The van der Waals surface area contributed by atoms with Gasteiger partial charge in [0.15, 0.2) is 0 Å². The molecule has 1 heterocycles. The van der Waals surface area contributed by atoms with Gasteiger partial charge in [0.1, 0.15) is 12.4 Å². The molecule has 0 aliphatic carbocycles. The topological polar surface area (TPSA) is 70.4 Å². The van der Waals surface area contributed by atoms with Gasteiger partial charge in [-0.1, -0.05) is 38.4 Å². The first kappa shape index (κ1) is 19.1. The molecule has 0 unspecified atom stereocenters. The molecule has 0 fully saturated rings. The third-order valence-electron chi connectivity index (χ3n) is 3.79. The van der Waals surface area contributed by atoms with Gasteiger partial charge in [0.05, 0.1) is 18.2 Å². The summed E-state index contributed by atoms with van der Waals surface area (Å²) >= 11 is 0. The largest absolute Gasteiger partial charge is 0.465 e. The lowest BCUT2D eigenvalue weighted by Gasteiger charge is -2.17. The molecule has 2 rings (SSSR count). The van der Waals surface area contributed by atoms with Crippen molar-refractivity contribution in [2.45, 2.75) is 32.4 Å². The van der Waals surface area contributed by atoms with Gasteiger partial charge < -0.3 is 9.47 Å². The van der Waals surface area contributed by atoms with E-state index in [1.807, 2.05) is 6.07 Å². The molecule has 0 N–H and O–H groups in total. The fourth-order valence-corrected chi connectivity index (χ4v) is 3.04. The first-order valence-corrected chi connectivity index (χ1v) is 11.8. The van der Waals surface area contributed by atoms with E-state index in [2.05, 4.69) is 36.1 Å². The van der Waals surface area contributed by atoms with Crippen LogP contribution in [0, 0.1) is 0 Å². The smallest absolute Gasteiger partial charge is 0.339 e. The Morgan fingerprint density at radius 2 is 1.96 bits per heavy atom. The number of nitrogens with zero attached hydrogens (tertiary/aromatic N) is 2. The van der Waals surface area contributed by atoms with E-state index >= 15 is 0 Å². The van der Waals surface area contributed by atoms with Crippen molar-refractivity contribution in [1.82, 2.24) is 9.78 Å². The molecule has 0 spiro atoms. The highest BCUT2D eigenvalue weighted by Gasteiger charge is 2.19. The van der Waals surface area contributed by atoms with Gasteiger partial charge in [-0.15, -0.1) is 0 Å². The molecule has 6 nitrogen and oxygen atoms in total. The molecule has 134 valence electrons. The summed E-state index contributed by atoms with van der Waals surface area (Å²) in [5, 5.41) is 4.76. The summed E-state index contributed by atoms with van der Waals surface area (Å²) in [6.07, 6.45) is 0. The summed E-state index contributed by atoms with van der Waals surface area (Å²) < 4.78 is 12.0. The summed E-state index contributed by atoms with van der Waals surface area (Å²) in [7, 11) is 0.0560. The molecule has 0 atom stereocenters. The van der Waals surface area contributed by atoms with Crippen LogP contribution in [0.4, 0.5) is 0 Å². The van der Waals surface area contributed by atoms with Crippen molar-refractivity contribution in [3.63, 3.8) is 0 Å². The van der Waals surface area contributed by atoms with Gasteiger partial charge in [0.25, 0.3) is 0 Å². The maximum Gasteiger partial charge on any atom is 0.339 e. The minimum absolute atomic E-state index is 0.0145. The van der Waals surface area contributed by atoms with Crippen LogP contribution in [-0.4, -0.2) is 37.5 Å². The highest BCUT2D eigenvalue weighted by molar-refractivity contribution is 6.76. The number of esters is 1. The maximum absolute atomic E-state index is 12.6. The quantitative estimate of drug-likeness (QED) is 0.329. The van der Waals surface area contributed by atoms with Gasteiger partial charge in [-0.25, -0.2) is 9.48 Å². The molecule has 0 saturated heterocycles. The van der Waals surface area contributed by atoms with Crippen molar-refractivity contribution >= 4 is 30.5 Å². The van der Waals surface area contributed by atoms with Crippen molar-refractivity contribution in [3.05, 3.63) is 46.8 Å². The molecule has 0 radical (unpaired) electrons. The number of para-hydroxylation sites is 1. The number of rotatable bonds is 7. The zero-order chi connectivity index (χ0) is 18.6. The first-order valence-electron chi connectivity index (χ1n) is 8.10. The molecular weight excluding hydrogens is 336 g/mol. The van der Waals surface area contributed by atoms with Crippen LogP contribution in [0.25, 0.3) is 16.5 Å². The molecular formula is C18H24N2O4Si. The van der Waals surface area contributed by atoms with Gasteiger partial charge in [-0.2, -0.15) is 5.10 Å². The molecule has 7 heteroatoms. The third kappa shape index (κ3) is 4.64. The van der Waals surface area contributed by atoms with Crippen LogP contribution in [0.15, 0.2) is 35.6 Å². The minimum atomic E-state index is -1.19. The summed E-state index contributed by atoms with van der Waals surface area (Å²) in [4.78, 5) is 24.4. The van der Waals surface area contributed by atoms with Crippen LogP contribution in [0.3, 0.4) is 0 Å². The summed E-state index contributed by atoms with van der Waals surface area (Å²) in [6, 6.07) is 8.14. The first-order chi connectivity index (χ1) is 11.7. The molecule has 0 bridgehead atoms. The lowest BCUT2D eigenvalue weighted by molar-refractivity contribution is -0.133. The zero-order valence-electron chi connectivity index (χ0n) is 15.2. The molecule has 25 heavy (non-hydrogen) atoms. The van der Waals surface area contributed by atoms with Crippen molar-refractivity contribution in [2.24, 2.45) is 0 Å². The van der Waals surface area contributed by atoms with Crippen LogP contribution in [-0.2, 0) is 21.0 Å². The van der Waals surface area contributed by atoms with Crippen LogP contribution >= 0.6 is 0 Å². The number of hydrogen-bond acceptors (Lipinski definition) is 5. The van der Waals surface area contributed by atoms with Gasteiger partial charge in [0, 0.05) is 20.1 Å². The number of ether oxygens (including phenoxy) is 2. The van der Waals surface area contributed by atoms with E-state index in [4.69, 9.17) is 4.74 Å². The number of benzene rings is 1. The van der Waals surface area contributed by atoms with Crippen LogP contribution in [0.1, 0.15) is 5.69 Å². The molecule has 1 aromatic heterocycles. The molecule has 1 aromatic carbocycles. The SMILES string of the molecule is C=C(C(=O)OC)c1nn(COCC[Si](C)(C)C)c2ccccc2c1=O. The fraction of sp³-hybridized carbons (Fsp3) is 0.389. The van der Waals surface area contributed by atoms with Crippen LogP contribution < -0.4 is 5.43 Å². The Morgan fingerprint density at radius 3 is 2.60 bits per heavy atom. The molecule has 0 aliphatic rings. The van der Waals surface area contributed by atoms with Gasteiger partial charge >= 0.3 is 5.97 Å². The number of fused-ring (bicyclic) bond motifs is 1. The van der Waals surface area contributed by atoms with E-state index in [0.29, 0.717) is 17.5 Å². The Kier molecular flexibility index (Phi) is 5.92. The number of methoxy groups -OCH3 is 1. The lowest BCUT2D eigenvalue weighted by Crippen LogP contribution is -2.24. The van der Waals surface area contributed by atoms with E-state index < -0.39 is 14.0 Å². The van der Waals surface area contributed by atoms with Crippen molar-refractivity contribution < 1.29 is 14.3 Å². The van der Waals surface area contributed by atoms with Crippen LogP contribution in [0.5, 0.6) is 0 Å². The van der Waals surface area contributed by atoms with Gasteiger partial charge in [-0.3, -0.25) is 4.79 Å². The standard InChI is InChI=1S/C18H24N2O4Si/c1-13(18(22)23-2)16-17(21)14-8-6-7-9-15(14)20(19-16)12-24-10-11-25(3,4)5/h6-9H,1,10-12H2,2-5H3. The van der Waals surface area contributed by atoms with E-state index in [-0.39, 0.29) is 23.4 Å². The normalized spacial score (nSPS) is 11.5. The van der Waals surface area contributed by atoms with Crippen molar-refractivity contribution in [2.75, 3.05) is 13.7 Å². The molecule has 0 saturated carbocycles. The predicted octanol–water partition coefficient (Wildman–Crippen LogP) is 2.90. The highest BCUT2D eigenvalue weighted by atomic mass is 28.3. The summed E-state index contributed by atoms with van der Waals surface area (Å²) in [5.41, 5.74) is 0.236. The predicted molar refractivity (Wildman–Crippen MR) is 101 cm³/mol.